The third-order valence-corrected chi connectivity index (χ3v) is 24.4. The van der Waals surface area contributed by atoms with Crippen LogP contribution in [0.5, 0.6) is 17.2 Å². The number of benzene rings is 6. The van der Waals surface area contributed by atoms with Crippen LogP contribution in [0.4, 0.5) is 95.8 Å². The Hall–Kier alpha value is -10.8. The molecule has 0 bridgehead atoms. The Balaban J connectivity index is 0.000000241. The number of ether oxygens (including phenoxy) is 2. The maximum Gasteiger partial charge on any atom is 0.471 e. The van der Waals surface area contributed by atoms with Gasteiger partial charge >= 0.3 is 24.2 Å². The molecule has 11 N–H and O–H groups in total. The number of carbonyl (C=O) groups excluding carboxylic acids is 2. The zero-order valence-corrected chi connectivity index (χ0v) is 69.4. The Bertz CT molecular complexity index is 5510. The van der Waals surface area contributed by atoms with Gasteiger partial charge in [0.25, 0.3) is 0 Å². The zero-order valence-electron chi connectivity index (χ0n) is 64.6. The highest BCUT2D eigenvalue weighted by atomic mass is 35.5. The molecule has 0 saturated carbocycles. The van der Waals surface area contributed by atoms with Crippen LogP contribution in [0.15, 0.2) is 162 Å². The minimum Gasteiger partial charge on any atom is -0.506 e. The molecule has 9 aromatic rings. The van der Waals surface area contributed by atoms with Gasteiger partial charge in [0.1, 0.15) is 32.3 Å². The average Bonchev–Trinajstić information content (AvgIpc) is 0.808. The molecule has 0 aliphatic rings. The second kappa shape index (κ2) is 39.7. The first kappa shape index (κ1) is 92.4. The van der Waals surface area contributed by atoms with E-state index in [-0.39, 0.29) is 114 Å². The van der Waals surface area contributed by atoms with Gasteiger partial charge in [0.15, 0.2) is 47.0 Å². The number of nitrogens with one attached hydrogen (secondary N) is 8. The molecule has 0 aliphatic heterocycles. The monoisotopic (exact) mass is 1720 g/mol. The normalized spacial score (nSPS) is 11.7. The molecule has 620 valence electrons. The van der Waals surface area contributed by atoms with Crippen LogP contribution < -0.4 is 57.7 Å². The largest absolute Gasteiger partial charge is 0.506 e. The molecule has 0 radical (unpaired) electrons. The zero-order chi connectivity index (χ0) is 86.1. The summed E-state index contributed by atoms with van der Waals surface area (Å²) < 4.78 is 163. The van der Waals surface area contributed by atoms with E-state index in [0.717, 1.165) is 16.7 Å². The minimum atomic E-state index is -5.00. The predicted octanol–water partition coefficient (Wildman–Crippen LogP) is 17.2. The first-order valence-corrected chi connectivity index (χ1v) is 40.9. The maximum absolute atomic E-state index is 12.9. The van der Waals surface area contributed by atoms with E-state index < -0.39 is 69.4 Å². The maximum atomic E-state index is 12.9. The van der Waals surface area contributed by atoms with Crippen LogP contribution in [0.1, 0.15) is 95.7 Å². The van der Waals surface area contributed by atoms with Crippen molar-refractivity contribution in [3.8, 4) is 17.2 Å². The number of phenols is 1. The van der Waals surface area contributed by atoms with Crippen molar-refractivity contribution in [1.82, 2.24) is 40.5 Å². The number of allylic oxidation sites excluding steroid dienone is 3. The second-order valence-electron chi connectivity index (χ2n) is 26.5. The number of amides is 2. The fourth-order valence-electron chi connectivity index (χ4n) is 10.8. The van der Waals surface area contributed by atoms with E-state index in [2.05, 4.69) is 81.5 Å². The van der Waals surface area contributed by atoms with Gasteiger partial charge in [0.05, 0.1) is 97.4 Å². The molecule has 0 saturated heterocycles. The van der Waals surface area contributed by atoms with E-state index >= 15 is 0 Å². The van der Waals surface area contributed by atoms with Gasteiger partial charge in [0, 0.05) is 13.1 Å². The number of anilines is 12. The number of para-hydroxylation sites is 3. The van der Waals surface area contributed by atoms with Crippen molar-refractivity contribution in [2.75, 3.05) is 65.8 Å². The van der Waals surface area contributed by atoms with Gasteiger partial charge in [-0.2, -0.15) is 41.3 Å². The van der Waals surface area contributed by atoms with Gasteiger partial charge in [-0.05, 0) is 194 Å². The van der Waals surface area contributed by atoms with Gasteiger partial charge in [-0.25, -0.2) is 40.2 Å². The number of hydrogen-bond acceptors (Lipinski definition) is 24. The highest BCUT2D eigenvalue weighted by molar-refractivity contribution is 7.92. The summed E-state index contributed by atoms with van der Waals surface area (Å²) >= 11 is 18.9. The Kier molecular flexibility index (Phi) is 31.6. The van der Waals surface area contributed by atoms with Crippen LogP contribution >= 0.6 is 34.8 Å². The fourth-order valence-corrected chi connectivity index (χ4v) is 14.8. The number of methoxy groups -OCH3 is 2. The van der Waals surface area contributed by atoms with Crippen LogP contribution in [0.3, 0.4) is 0 Å². The highest BCUT2D eigenvalue weighted by Crippen LogP contribution is 2.40. The van der Waals surface area contributed by atoms with Crippen LogP contribution in [0.25, 0.3) is 16.7 Å². The van der Waals surface area contributed by atoms with Gasteiger partial charge in [-0.15, -0.1) is 0 Å². The summed E-state index contributed by atoms with van der Waals surface area (Å²) in [5.41, 5.74) is 14.1. The number of aromatic hydroxyl groups is 1. The molecular formula is C78H86Cl3F6N15O11S3. The van der Waals surface area contributed by atoms with E-state index in [4.69, 9.17) is 50.0 Å². The standard InChI is InChI=1S/C27H29ClF3N5O4S.C26H27ClF3N5O4S.C25H30ClN5O3S/c1-15(2)18-13-22(40-5)21(12-17(18)10-11-32-25(37)27(29,30)31)35-26-33-14-19(28)24(36-26)34-20-8-6-7-9-23(20)41(38,39)16(3)4;1-14(2)17-12-21(36)20(11-16(17)9-10-31-24(37)26(28,29)30)34-25-32-13-18(27)23(35-25)33-19-7-5-6-8-22(19)40(38,39)15(3)4;1-15(2)18-13-22(34-5)21(12-17(18)10-11-27)30-25-28-14-19(26)24(31-25)29-20-8-6-7-9-23(20)35(32,33)16(3)4/h6-9,12-14,16H,1,10-11H2,2-5H3,(H,32,37)(H2,33,34,35,36);5-8,11-13,15,36H,1,9-10H2,2-4H3,(H,31,37)(H2,32,33,34,35);6-9,12-14,16H,1,10-11,27H2,2-5H3,(H2,28,29,30,31). The minimum absolute atomic E-state index is 0.00830. The summed E-state index contributed by atoms with van der Waals surface area (Å²) in [6.07, 6.45) is -5.22. The number of aromatic nitrogens is 6. The number of hydrogen-bond donors (Lipinski definition) is 10. The third kappa shape index (κ3) is 23.9. The van der Waals surface area contributed by atoms with Crippen molar-refractivity contribution in [3.63, 3.8) is 0 Å². The van der Waals surface area contributed by atoms with Crippen molar-refractivity contribution >= 4 is 162 Å². The summed E-state index contributed by atoms with van der Waals surface area (Å²) in [5, 5.41) is 30.8. The fraction of sp³-hybridized carbons (Fsp3) is 0.282. The van der Waals surface area contributed by atoms with Gasteiger partial charge in [-0.3, -0.25) is 9.59 Å². The Labute approximate surface area is 683 Å². The lowest BCUT2D eigenvalue weighted by molar-refractivity contribution is -0.173. The van der Waals surface area contributed by atoms with Crippen LogP contribution in [-0.2, 0) is 58.4 Å². The molecular weight excluding hydrogens is 1640 g/mol. The summed E-state index contributed by atoms with van der Waals surface area (Å²) in [4.78, 5) is 48.4. The highest BCUT2D eigenvalue weighted by Gasteiger charge is 2.39. The number of alkyl halides is 6. The SMILES string of the molecule is C=C(C)c1cc(O)c(Nc2ncc(Cl)c(Nc3ccccc3S(=O)(=O)C(C)C)n2)cc1CCNC(=O)C(F)(F)F.C=C(C)c1cc(OC)c(Nc2ncc(Cl)c(Nc3ccccc3S(=O)(=O)C(C)C)n2)cc1CCN.C=C(C)c1cc(OC)c(Nc2ncc(Cl)c(Nc3ccccc3S(=O)(=O)C(C)C)n2)cc1CCNC(=O)C(F)(F)F. The third-order valence-electron chi connectivity index (χ3n) is 16.9. The molecule has 2 amide bonds. The predicted molar refractivity (Wildman–Crippen MR) is 444 cm³/mol. The van der Waals surface area contributed by atoms with Crippen LogP contribution in [-0.4, -0.2) is 134 Å². The topological polar surface area (TPSA) is 375 Å². The number of halogens is 9. The van der Waals surface area contributed by atoms with Gasteiger partial charge in [-0.1, -0.05) is 108 Å². The second-order valence-corrected chi connectivity index (χ2v) is 35.2. The summed E-state index contributed by atoms with van der Waals surface area (Å²) in [7, 11) is -7.77. The van der Waals surface area contributed by atoms with E-state index in [9.17, 15) is 66.3 Å². The molecule has 0 unspecified atom stereocenters. The molecule has 0 aliphatic carbocycles. The molecule has 0 spiro atoms. The first-order chi connectivity index (χ1) is 54.3. The van der Waals surface area contributed by atoms with E-state index in [0.29, 0.717) is 74.9 Å². The van der Waals surface area contributed by atoms with E-state index in [1.54, 1.807) is 135 Å². The number of nitrogens with zero attached hydrogens (tertiary/aromatic N) is 6. The van der Waals surface area contributed by atoms with E-state index in [1.165, 1.54) is 50.0 Å². The van der Waals surface area contributed by atoms with Crippen LogP contribution in [0.2, 0.25) is 15.1 Å². The van der Waals surface area contributed by atoms with Crippen molar-refractivity contribution in [1.29, 1.82) is 0 Å². The van der Waals surface area contributed by atoms with Crippen molar-refractivity contribution in [2.24, 2.45) is 5.73 Å². The Morgan fingerprint density at radius 3 is 1.03 bits per heavy atom. The smallest absolute Gasteiger partial charge is 0.471 e. The first-order valence-electron chi connectivity index (χ1n) is 35.2. The molecule has 38 heteroatoms. The van der Waals surface area contributed by atoms with E-state index in [1.807, 2.05) is 29.7 Å². The summed E-state index contributed by atoms with van der Waals surface area (Å²) in [6, 6.07) is 29.3. The lowest BCUT2D eigenvalue weighted by atomic mass is 9.98. The summed E-state index contributed by atoms with van der Waals surface area (Å²) in [5.74, 6) is -2.58. The van der Waals surface area contributed by atoms with Crippen LogP contribution in [0, 0.1) is 0 Å². The molecule has 26 nitrogen and oxygen atoms in total. The molecule has 0 fully saturated rings. The molecule has 3 heterocycles. The molecule has 9 rings (SSSR count). The molecule has 0 atom stereocenters. The number of phenolic OH excluding ortho intramolecular Hbond substituents is 1. The lowest BCUT2D eigenvalue weighted by Gasteiger charge is -2.18. The Morgan fingerprint density at radius 1 is 0.457 bits per heavy atom. The molecule has 6 aromatic carbocycles. The molecule has 116 heavy (non-hydrogen) atoms. The number of carbonyl (C=O) groups is 2. The molecule has 3 aromatic heterocycles. The van der Waals surface area contributed by atoms with Gasteiger partial charge in [0.2, 0.25) is 17.8 Å². The average molecular weight is 1730 g/mol. The lowest BCUT2D eigenvalue weighted by Crippen LogP contribution is -2.37. The number of nitrogens with two attached hydrogens (primary N) is 1. The summed E-state index contributed by atoms with van der Waals surface area (Å²) in [6.45, 7) is 26.6. The quantitative estimate of drug-likeness (QED) is 0.0142. The van der Waals surface area contributed by atoms with Crippen molar-refractivity contribution < 1.29 is 75.8 Å². The van der Waals surface area contributed by atoms with Gasteiger partial charge < -0.3 is 62.8 Å². The Morgan fingerprint density at radius 2 is 0.741 bits per heavy atom. The van der Waals surface area contributed by atoms with Crippen molar-refractivity contribution in [2.45, 2.75) is 124 Å². The number of rotatable bonds is 31. The number of sulfone groups is 3. The van der Waals surface area contributed by atoms with Crippen molar-refractivity contribution in [3.05, 3.63) is 196 Å².